The van der Waals surface area contributed by atoms with Gasteiger partial charge in [-0.25, -0.2) is 0 Å². The van der Waals surface area contributed by atoms with Crippen LogP contribution in [-0.2, 0) is 0 Å². The maximum Gasteiger partial charge on any atom is 0.301 e. The summed E-state index contributed by atoms with van der Waals surface area (Å²) < 4.78 is 11.6. The number of carbonyl (C=O) groups excluding carboxylic acids is 1. The highest BCUT2D eigenvalue weighted by molar-refractivity contribution is 5.85. The molecule has 0 saturated heterocycles. The number of nitrogens with zero attached hydrogens (tertiary/aromatic N) is 4. The first-order valence-corrected chi connectivity index (χ1v) is 9.44. The van der Waals surface area contributed by atoms with Gasteiger partial charge in [-0.3, -0.25) is 19.7 Å². The number of carbonyl (C=O) groups is 1. The average Bonchev–Trinajstić information content (AvgIpc) is 3.09. The van der Waals surface area contributed by atoms with Gasteiger partial charge in [0, 0.05) is 11.6 Å². The van der Waals surface area contributed by atoms with Crippen LogP contribution in [0.25, 0.3) is 10.9 Å². The highest BCUT2D eigenvalue weighted by Gasteiger charge is 2.17. The van der Waals surface area contributed by atoms with Crippen LogP contribution in [0.4, 0.5) is 11.4 Å². The van der Waals surface area contributed by atoms with Crippen LogP contribution in [-0.4, -0.2) is 34.4 Å². The molecule has 4 rings (SSSR count). The Bertz CT molecular complexity index is 1320. The lowest BCUT2D eigenvalue weighted by molar-refractivity contribution is 0.0817. The van der Waals surface area contributed by atoms with E-state index < -0.39 is 11.5 Å². The standard InChI is InChI=1S/C22H19N5O4/c1-14-20(25-24-16-8-10-17(30-2)11-9-16)22(29)27(26-14)19(28)13-31-18-7-3-5-15-6-4-12-23-21(15)18/h3-12,26H,13H2,1-2H3. The summed E-state index contributed by atoms with van der Waals surface area (Å²) in [5, 5.41) is 11.7. The molecule has 0 unspecified atom stereocenters. The number of aromatic nitrogens is 3. The molecule has 0 saturated carbocycles. The third-order valence-corrected chi connectivity index (χ3v) is 4.57. The number of para-hydroxylation sites is 1. The smallest absolute Gasteiger partial charge is 0.301 e. The number of H-pyrrole nitrogens is 1. The number of nitrogens with one attached hydrogen (secondary N) is 1. The number of fused-ring (bicyclic) bond motifs is 1. The topological polar surface area (TPSA) is 111 Å². The third kappa shape index (κ3) is 4.20. The molecule has 0 spiro atoms. The minimum Gasteiger partial charge on any atom is -0.497 e. The second-order valence-corrected chi connectivity index (χ2v) is 6.64. The summed E-state index contributed by atoms with van der Waals surface area (Å²) in [4.78, 5) is 29.5. The van der Waals surface area contributed by atoms with Crippen molar-refractivity contribution in [2.24, 2.45) is 10.2 Å². The third-order valence-electron chi connectivity index (χ3n) is 4.57. The van der Waals surface area contributed by atoms with Gasteiger partial charge in [-0.15, -0.1) is 5.11 Å². The molecule has 156 valence electrons. The molecule has 0 aliphatic rings. The van der Waals surface area contributed by atoms with E-state index in [0.717, 1.165) is 10.1 Å². The number of azo groups is 1. The van der Waals surface area contributed by atoms with E-state index in [2.05, 4.69) is 20.3 Å². The molecular formula is C22H19N5O4. The Morgan fingerprint density at radius 3 is 2.65 bits per heavy atom. The van der Waals surface area contributed by atoms with Crippen molar-refractivity contribution in [1.82, 2.24) is 14.8 Å². The van der Waals surface area contributed by atoms with E-state index in [-0.39, 0.29) is 12.3 Å². The number of aromatic amines is 1. The summed E-state index contributed by atoms with van der Waals surface area (Å²) in [6.07, 6.45) is 1.65. The predicted octanol–water partition coefficient (Wildman–Crippen LogP) is 4.18. The van der Waals surface area contributed by atoms with Gasteiger partial charge >= 0.3 is 5.56 Å². The first-order chi connectivity index (χ1) is 15.1. The first kappa shape index (κ1) is 20.0. The SMILES string of the molecule is COc1ccc(N=Nc2c(C)[nH]n(C(=O)COc3cccc4cccnc34)c2=O)cc1. The lowest BCUT2D eigenvalue weighted by Crippen LogP contribution is -2.29. The van der Waals surface area contributed by atoms with Crippen molar-refractivity contribution in [1.29, 1.82) is 0 Å². The van der Waals surface area contributed by atoms with E-state index in [9.17, 15) is 9.59 Å². The fourth-order valence-electron chi connectivity index (χ4n) is 2.98. The van der Waals surface area contributed by atoms with E-state index in [1.165, 1.54) is 0 Å². The Hall–Kier alpha value is -4.27. The van der Waals surface area contributed by atoms with Gasteiger partial charge in [0.05, 0.1) is 18.5 Å². The number of ether oxygens (including phenoxy) is 2. The van der Waals surface area contributed by atoms with Crippen molar-refractivity contribution in [3.05, 3.63) is 76.8 Å². The molecule has 0 bridgehead atoms. The normalized spacial score (nSPS) is 11.2. The molecule has 0 amide bonds. The van der Waals surface area contributed by atoms with Gasteiger partial charge < -0.3 is 9.47 Å². The lowest BCUT2D eigenvalue weighted by atomic mass is 10.2. The van der Waals surface area contributed by atoms with Crippen molar-refractivity contribution in [2.45, 2.75) is 6.92 Å². The van der Waals surface area contributed by atoms with Crippen LogP contribution in [0.1, 0.15) is 10.5 Å². The molecular weight excluding hydrogens is 398 g/mol. The molecule has 0 aliphatic heterocycles. The highest BCUT2D eigenvalue weighted by atomic mass is 16.5. The van der Waals surface area contributed by atoms with Crippen molar-refractivity contribution < 1.29 is 14.3 Å². The first-order valence-electron chi connectivity index (χ1n) is 9.44. The summed E-state index contributed by atoms with van der Waals surface area (Å²) in [7, 11) is 1.57. The Labute approximate surface area is 177 Å². The lowest BCUT2D eigenvalue weighted by Gasteiger charge is -2.07. The fourth-order valence-corrected chi connectivity index (χ4v) is 2.98. The molecule has 2 aromatic heterocycles. The minimum atomic E-state index is -0.598. The number of benzene rings is 2. The number of aryl methyl sites for hydroxylation is 1. The van der Waals surface area contributed by atoms with Gasteiger partial charge in [0.15, 0.2) is 12.3 Å². The van der Waals surface area contributed by atoms with E-state index in [4.69, 9.17) is 9.47 Å². The minimum absolute atomic E-state index is 0.0518. The van der Waals surface area contributed by atoms with Crippen LogP contribution >= 0.6 is 0 Å². The van der Waals surface area contributed by atoms with Crippen LogP contribution in [0.5, 0.6) is 11.5 Å². The second-order valence-electron chi connectivity index (χ2n) is 6.64. The van der Waals surface area contributed by atoms with Crippen molar-refractivity contribution in [3.63, 3.8) is 0 Å². The zero-order valence-electron chi connectivity index (χ0n) is 16.9. The van der Waals surface area contributed by atoms with Gasteiger partial charge in [0.2, 0.25) is 0 Å². The van der Waals surface area contributed by atoms with Crippen LogP contribution in [0.2, 0.25) is 0 Å². The van der Waals surface area contributed by atoms with Crippen LogP contribution in [0.3, 0.4) is 0 Å². The Kier molecular flexibility index (Phi) is 5.57. The van der Waals surface area contributed by atoms with Gasteiger partial charge in [0.1, 0.15) is 17.0 Å². The zero-order chi connectivity index (χ0) is 21.8. The summed E-state index contributed by atoms with van der Waals surface area (Å²) in [6, 6.07) is 16.0. The molecule has 0 radical (unpaired) electrons. The van der Waals surface area contributed by atoms with Crippen molar-refractivity contribution in [2.75, 3.05) is 13.7 Å². The average molecular weight is 417 g/mol. The monoisotopic (exact) mass is 417 g/mol. The molecule has 2 heterocycles. The molecule has 2 aromatic carbocycles. The summed E-state index contributed by atoms with van der Waals surface area (Å²) in [5.74, 6) is 0.584. The molecule has 0 fully saturated rings. The van der Waals surface area contributed by atoms with Crippen molar-refractivity contribution >= 4 is 28.2 Å². The molecule has 1 N–H and O–H groups in total. The highest BCUT2D eigenvalue weighted by Crippen LogP contribution is 2.23. The number of hydrogen-bond donors (Lipinski definition) is 1. The molecule has 9 heteroatoms. The van der Waals surface area contributed by atoms with E-state index in [1.807, 2.05) is 24.3 Å². The summed E-state index contributed by atoms with van der Waals surface area (Å²) in [5.41, 5.74) is 1.06. The quantitative estimate of drug-likeness (QED) is 0.473. The maximum absolute atomic E-state index is 12.6. The Morgan fingerprint density at radius 2 is 1.87 bits per heavy atom. The summed E-state index contributed by atoms with van der Waals surface area (Å²) >= 11 is 0. The van der Waals surface area contributed by atoms with Gasteiger partial charge in [-0.05, 0) is 43.3 Å². The number of rotatable bonds is 6. The maximum atomic E-state index is 12.6. The number of pyridine rings is 1. The van der Waals surface area contributed by atoms with E-state index >= 15 is 0 Å². The van der Waals surface area contributed by atoms with Crippen LogP contribution in [0.15, 0.2) is 75.8 Å². The molecule has 4 aromatic rings. The Balaban J connectivity index is 1.51. The van der Waals surface area contributed by atoms with Crippen LogP contribution < -0.4 is 15.0 Å². The van der Waals surface area contributed by atoms with Gasteiger partial charge in [-0.2, -0.15) is 9.80 Å². The second kappa shape index (κ2) is 8.62. The number of methoxy groups -OCH3 is 1. The molecule has 0 atom stereocenters. The van der Waals surface area contributed by atoms with E-state index in [0.29, 0.717) is 28.4 Å². The van der Waals surface area contributed by atoms with Crippen molar-refractivity contribution in [3.8, 4) is 11.5 Å². The predicted molar refractivity (Wildman–Crippen MR) is 115 cm³/mol. The van der Waals surface area contributed by atoms with Gasteiger partial charge in [-0.1, -0.05) is 18.2 Å². The largest absolute Gasteiger partial charge is 0.497 e. The molecule has 9 nitrogen and oxygen atoms in total. The Morgan fingerprint density at radius 1 is 1.10 bits per heavy atom. The molecule has 31 heavy (non-hydrogen) atoms. The summed E-state index contributed by atoms with van der Waals surface area (Å²) in [6.45, 7) is 1.30. The molecule has 0 aliphatic carbocycles. The van der Waals surface area contributed by atoms with E-state index in [1.54, 1.807) is 50.6 Å². The fraction of sp³-hybridized carbons (Fsp3) is 0.136. The van der Waals surface area contributed by atoms with Crippen LogP contribution in [0, 0.1) is 6.92 Å². The number of hydrogen-bond acceptors (Lipinski definition) is 7. The van der Waals surface area contributed by atoms with Gasteiger partial charge in [0.25, 0.3) is 5.91 Å². The zero-order valence-corrected chi connectivity index (χ0v) is 16.9.